The Labute approximate surface area is 148 Å². The van der Waals surface area contributed by atoms with E-state index in [2.05, 4.69) is 10.2 Å². The summed E-state index contributed by atoms with van der Waals surface area (Å²) in [7, 11) is 0. The lowest BCUT2D eigenvalue weighted by Crippen LogP contribution is -2.43. The minimum absolute atomic E-state index is 0.0385. The molecule has 1 N–H and O–H groups in total. The lowest BCUT2D eigenvalue weighted by Gasteiger charge is -2.33. The molecule has 1 aromatic carbocycles. The van der Waals surface area contributed by atoms with Crippen LogP contribution < -0.4 is 10.2 Å². The number of thiophene rings is 1. The van der Waals surface area contributed by atoms with Gasteiger partial charge in [-0.25, -0.2) is 4.79 Å². The van der Waals surface area contributed by atoms with Crippen molar-refractivity contribution >= 4 is 40.4 Å². The molecule has 0 bridgehead atoms. The van der Waals surface area contributed by atoms with E-state index in [9.17, 15) is 14.4 Å². The van der Waals surface area contributed by atoms with E-state index in [4.69, 9.17) is 4.74 Å². The van der Waals surface area contributed by atoms with Crippen molar-refractivity contribution in [2.45, 2.75) is 18.9 Å². The van der Waals surface area contributed by atoms with Crippen LogP contribution in [0.15, 0.2) is 35.7 Å². The number of hydrogen-bond acceptors (Lipinski definition) is 6. The van der Waals surface area contributed by atoms with Crippen molar-refractivity contribution < 1.29 is 19.1 Å². The first-order valence-electron chi connectivity index (χ1n) is 8.09. The highest BCUT2D eigenvalue weighted by atomic mass is 32.1. The molecule has 1 fully saturated rings. The Balaban J connectivity index is 1.48. The molecule has 1 atom stereocenters. The normalized spacial score (nSPS) is 18.3. The van der Waals surface area contributed by atoms with Crippen LogP contribution in [0.2, 0.25) is 0 Å². The molecule has 6 nitrogen and oxygen atoms in total. The lowest BCUT2D eigenvalue weighted by atomic mass is 10.1. The van der Waals surface area contributed by atoms with Gasteiger partial charge in [0.1, 0.15) is 6.04 Å². The molecule has 128 valence electrons. The quantitative estimate of drug-likeness (QED) is 0.673. The van der Waals surface area contributed by atoms with Crippen molar-refractivity contribution in [1.82, 2.24) is 0 Å². The van der Waals surface area contributed by atoms with Crippen molar-refractivity contribution in [3.63, 3.8) is 0 Å². The zero-order chi connectivity index (χ0) is 17.4. The molecule has 1 saturated heterocycles. The van der Waals surface area contributed by atoms with Gasteiger partial charge in [-0.15, -0.1) is 11.3 Å². The van der Waals surface area contributed by atoms with Gasteiger partial charge in [0.2, 0.25) is 11.7 Å². The standard InChI is InChI=1S/C18H16N2O4S/c21-15(16-4-2-8-25-16)10-24-18(23)11-5-6-13-12(9-11)19-17(22)14-3-1-7-20(13)14/h2,4-6,8-9,14H,1,3,7,10H2,(H,19,22)/t14-/m0/s1. The molecule has 0 saturated carbocycles. The number of anilines is 2. The van der Waals surface area contributed by atoms with Gasteiger partial charge in [0.15, 0.2) is 6.61 Å². The van der Waals surface area contributed by atoms with Crippen LogP contribution in [-0.4, -0.2) is 36.9 Å². The van der Waals surface area contributed by atoms with E-state index in [1.807, 2.05) is 6.07 Å². The van der Waals surface area contributed by atoms with Gasteiger partial charge in [-0.3, -0.25) is 9.59 Å². The third-order valence-electron chi connectivity index (χ3n) is 4.49. The maximum atomic E-state index is 12.2. The fourth-order valence-electron chi connectivity index (χ4n) is 3.28. The molecule has 1 aromatic heterocycles. The van der Waals surface area contributed by atoms with E-state index in [-0.39, 0.29) is 24.3 Å². The predicted octanol–water partition coefficient (Wildman–Crippen LogP) is 2.71. The molecule has 0 unspecified atom stereocenters. The number of nitrogens with one attached hydrogen (secondary N) is 1. The molecule has 0 aliphatic carbocycles. The number of Topliss-reactive ketones (excluding diaryl/α,β-unsaturated/α-hetero) is 1. The Morgan fingerprint density at radius 3 is 3.00 bits per heavy atom. The molecule has 7 heteroatoms. The third-order valence-corrected chi connectivity index (χ3v) is 5.40. The Kier molecular flexibility index (Phi) is 4.01. The van der Waals surface area contributed by atoms with Gasteiger partial charge in [-0.2, -0.15) is 0 Å². The molecule has 1 amide bonds. The van der Waals surface area contributed by atoms with Gasteiger partial charge in [-0.05, 0) is 42.5 Å². The molecular formula is C18H16N2O4S. The highest BCUT2D eigenvalue weighted by molar-refractivity contribution is 7.12. The predicted molar refractivity (Wildman–Crippen MR) is 94.4 cm³/mol. The van der Waals surface area contributed by atoms with Gasteiger partial charge in [0.25, 0.3) is 0 Å². The van der Waals surface area contributed by atoms with E-state index in [1.54, 1.807) is 29.6 Å². The van der Waals surface area contributed by atoms with Crippen LogP contribution in [0.5, 0.6) is 0 Å². The summed E-state index contributed by atoms with van der Waals surface area (Å²) in [5.41, 5.74) is 1.85. The summed E-state index contributed by atoms with van der Waals surface area (Å²) < 4.78 is 5.11. The summed E-state index contributed by atoms with van der Waals surface area (Å²) in [6.07, 6.45) is 1.83. The molecule has 2 aromatic rings. The van der Waals surface area contributed by atoms with Crippen molar-refractivity contribution in [1.29, 1.82) is 0 Å². The van der Waals surface area contributed by atoms with Crippen molar-refractivity contribution in [3.05, 3.63) is 46.2 Å². The number of amides is 1. The molecule has 0 spiro atoms. The van der Waals surface area contributed by atoms with E-state index < -0.39 is 5.97 Å². The molecule has 0 radical (unpaired) electrons. The van der Waals surface area contributed by atoms with Gasteiger partial charge in [0, 0.05) is 6.54 Å². The van der Waals surface area contributed by atoms with Gasteiger partial charge >= 0.3 is 5.97 Å². The number of rotatable bonds is 4. The number of benzene rings is 1. The van der Waals surface area contributed by atoms with Crippen LogP contribution in [0.25, 0.3) is 0 Å². The summed E-state index contributed by atoms with van der Waals surface area (Å²) in [5, 5.41) is 4.66. The van der Waals surface area contributed by atoms with Crippen LogP contribution in [0.4, 0.5) is 11.4 Å². The topological polar surface area (TPSA) is 75.7 Å². The zero-order valence-corrected chi connectivity index (χ0v) is 14.2. The largest absolute Gasteiger partial charge is 0.454 e. The van der Waals surface area contributed by atoms with E-state index in [1.165, 1.54) is 11.3 Å². The molecule has 25 heavy (non-hydrogen) atoms. The fourth-order valence-corrected chi connectivity index (χ4v) is 3.93. The second-order valence-corrected chi connectivity index (χ2v) is 7.00. The maximum absolute atomic E-state index is 12.2. The summed E-state index contributed by atoms with van der Waals surface area (Å²) in [5.74, 6) is -0.844. The minimum Gasteiger partial charge on any atom is -0.454 e. The molecule has 2 aliphatic rings. The number of fused-ring (bicyclic) bond motifs is 3. The number of carbonyl (C=O) groups excluding carboxylic acids is 3. The first-order chi connectivity index (χ1) is 12.1. The average Bonchev–Trinajstić information content (AvgIpc) is 3.30. The average molecular weight is 356 g/mol. The van der Waals surface area contributed by atoms with Crippen LogP contribution in [0.1, 0.15) is 32.9 Å². The summed E-state index contributed by atoms with van der Waals surface area (Å²) in [6.45, 7) is 0.543. The van der Waals surface area contributed by atoms with Crippen molar-refractivity contribution in [2.24, 2.45) is 0 Å². The summed E-state index contributed by atoms with van der Waals surface area (Å²) in [4.78, 5) is 38.9. The highest BCUT2D eigenvalue weighted by Gasteiger charge is 2.36. The maximum Gasteiger partial charge on any atom is 0.338 e. The number of esters is 1. The Morgan fingerprint density at radius 2 is 2.20 bits per heavy atom. The smallest absolute Gasteiger partial charge is 0.338 e. The Morgan fingerprint density at radius 1 is 1.32 bits per heavy atom. The first kappa shape index (κ1) is 15.8. The van der Waals surface area contributed by atoms with Crippen LogP contribution in [0, 0.1) is 0 Å². The third kappa shape index (κ3) is 2.91. The molecular weight excluding hydrogens is 340 g/mol. The highest BCUT2D eigenvalue weighted by Crippen LogP contribution is 2.37. The van der Waals surface area contributed by atoms with Crippen molar-refractivity contribution in [3.8, 4) is 0 Å². The minimum atomic E-state index is -0.578. The summed E-state index contributed by atoms with van der Waals surface area (Å²) in [6, 6.07) is 8.46. The second-order valence-electron chi connectivity index (χ2n) is 6.05. The van der Waals surface area contributed by atoms with E-state index in [0.717, 1.165) is 25.1 Å². The monoisotopic (exact) mass is 356 g/mol. The second kappa shape index (κ2) is 6.33. The van der Waals surface area contributed by atoms with E-state index in [0.29, 0.717) is 16.1 Å². The molecule has 2 aliphatic heterocycles. The Bertz CT molecular complexity index is 847. The Hall–Kier alpha value is -2.67. The first-order valence-corrected chi connectivity index (χ1v) is 8.97. The van der Waals surface area contributed by atoms with Crippen LogP contribution in [0.3, 0.4) is 0 Å². The lowest BCUT2D eigenvalue weighted by molar-refractivity contribution is -0.117. The molecule has 4 rings (SSSR count). The van der Waals surface area contributed by atoms with E-state index >= 15 is 0 Å². The fraction of sp³-hybridized carbons (Fsp3) is 0.278. The number of ether oxygens (including phenoxy) is 1. The van der Waals surface area contributed by atoms with Gasteiger partial charge in [0.05, 0.1) is 21.8 Å². The number of ketones is 1. The van der Waals surface area contributed by atoms with Gasteiger partial charge in [-0.1, -0.05) is 6.07 Å². The number of hydrogen-bond donors (Lipinski definition) is 1. The zero-order valence-electron chi connectivity index (χ0n) is 13.4. The number of nitrogens with zero attached hydrogens (tertiary/aromatic N) is 1. The van der Waals surface area contributed by atoms with Crippen molar-refractivity contribution in [2.75, 3.05) is 23.4 Å². The number of carbonyl (C=O) groups is 3. The van der Waals surface area contributed by atoms with Crippen LogP contribution >= 0.6 is 11.3 Å². The SMILES string of the molecule is O=C(OCC(=O)c1cccs1)c1ccc2c(c1)NC(=O)[C@@H]1CCCN21. The van der Waals surface area contributed by atoms with Crippen LogP contribution in [-0.2, 0) is 9.53 Å². The molecule has 3 heterocycles. The summed E-state index contributed by atoms with van der Waals surface area (Å²) >= 11 is 1.31. The van der Waals surface area contributed by atoms with Gasteiger partial charge < -0.3 is 15.0 Å².